The van der Waals surface area contributed by atoms with Crippen molar-refractivity contribution in [2.45, 2.75) is 150 Å². The maximum absolute atomic E-state index is 11.8. The van der Waals surface area contributed by atoms with Crippen LogP contribution in [0.1, 0.15) is 99.0 Å². The summed E-state index contributed by atoms with van der Waals surface area (Å²) >= 11 is -2.46. The van der Waals surface area contributed by atoms with Gasteiger partial charge in [-0.15, -0.1) is 0 Å². The Morgan fingerprint density at radius 3 is 1.79 bits per heavy atom. The Bertz CT molecular complexity index is 722. The van der Waals surface area contributed by atoms with Crippen molar-refractivity contribution in [3.8, 4) is 0 Å². The average Bonchev–Trinajstić information content (AvgIpc) is 2.98. The van der Waals surface area contributed by atoms with Gasteiger partial charge in [0, 0.05) is 0 Å². The van der Waals surface area contributed by atoms with Crippen molar-refractivity contribution in [3.63, 3.8) is 0 Å². The van der Waals surface area contributed by atoms with E-state index in [4.69, 9.17) is 9.16 Å². The minimum atomic E-state index is -2.46. The zero-order chi connectivity index (χ0) is 29.2. The fraction of sp³-hybridized carbons (Fsp3) is 0.765. The third-order valence-corrected chi connectivity index (χ3v) is 28.1. The Morgan fingerprint density at radius 1 is 0.846 bits per heavy atom. The summed E-state index contributed by atoms with van der Waals surface area (Å²) in [7, 11) is -0.0521. The average molecular weight is 668 g/mol. The number of hydrogen-bond acceptors (Lipinski definition) is 3. The topological polar surface area (TPSA) is 38.7 Å². The van der Waals surface area contributed by atoms with Gasteiger partial charge in [-0.25, -0.2) is 0 Å². The van der Waals surface area contributed by atoms with Crippen LogP contribution in [0.5, 0.6) is 0 Å². The molecule has 3 nitrogen and oxygen atoms in total. The predicted octanol–water partition coefficient (Wildman–Crippen LogP) is 9.97. The fourth-order valence-corrected chi connectivity index (χ4v) is 23.4. The van der Waals surface area contributed by atoms with Crippen LogP contribution in [0, 0.1) is 5.92 Å². The summed E-state index contributed by atoms with van der Waals surface area (Å²) in [5.41, 5.74) is 1.34. The predicted molar refractivity (Wildman–Crippen MR) is 177 cm³/mol. The van der Waals surface area contributed by atoms with Gasteiger partial charge in [0.15, 0.2) is 0 Å². The van der Waals surface area contributed by atoms with Gasteiger partial charge < -0.3 is 0 Å². The van der Waals surface area contributed by atoms with Gasteiger partial charge in [-0.05, 0) is 0 Å². The molecule has 4 atom stereocenters. The number of aliphatic hydroxyl groups excluding tert-OH is 1. The van der Waals surface area contributed by atoms with E-state index in [1.807, 2.05) is 0 Å². The summed E-state index contributed by atoms with van der Waals surface area (Å²) in [6.07, 6.45) is 11.3. The SMILES string of the molecule is CCC[CH2][Sn](/[CH]=C/[C@H](OC)[C@H](O)[C@@H](C)[C@@H](CCc1ccccc1)O[Si](CC)(CC)CC)([CH2]CCC)[CH2]CCC. The molecule has 0 aliphatic rings. The van der Waals surface area contributed by atoms with Crippen LogP contribution in [0.3, 0.4) is 0 Å². The number of aryl methyl sites for hydroxylation is 1. The molecule has 0 saturated carbocycles. The van der Waals surface area contributed by atoms with Crippen LogP contribution in [0.15, 0.2) is 40.5 Å². The molecule has 5 heteroatoms. The normalized spacial score (nSPS) is 15.9. The molecule has 1 aromatic rings. The van der Waals surface area contributed by atoms with E-state index in [0.717, 1.165) is 31.0 Å². The second kappa shape index (κ2) is 20.7. The third kappa shape index (κ3) is 12.7. The molecule has 39 heavy (non-hydrogen) atoms. The van der Waals surface area contributed by atoms with Crippen LogP contribution in [-0.2, 0) is 15.6 Å². The summed E-state index contributed by atoms with van der Waals surface area (Å²) in [6.45, 7) is 16.1. The molecule has 0 saturated heterocycles. The van der Waals surface area contributed by atoms with Crippen molar-refractivity contribution in [1.82, 2.24) is 0 Å². The quantitative estimate of drug-likeness (QED) is 0.118. The van der Waals surface area contributed by atoms with E-state index >= 15 is 0 Å². The first-order valence-corrected chi connectivity index (χ1v) is 26.6. The van der Waals surface area contributed by atoms with Crippen LogP contribution in [0.4, 0.5) is 0 Å². The first-order valence-electron chi connectivity index (χ1n) is 16.4. The maximum atomic E-state index is 11.8. The fourth-order valence-electron chi connectivity index (χ4n) is 6.07. The molecule has 0 bridgehead atoms. The van der Waals surface area contributed by atoms with Crippen LogP contribution >= 0.6 is 0 Å². The van der Waals surface area contributed by atoms with Gasteiger partial charge >= 0.3 is 250 Å². The molecule has 0 aliphatic carbocycles. The second-order valence-corrected chi connectivity index (χ2v) is 29.7. The van der Waals surface area contributed by atoms with Gasteiger partial charge in [0.05, 0.1) is 0 Å². The van der Waals surface area contributed by atoms with Crippen LogP contribution < -0.4 is 0 Å². The molecule has 0 heterocycles. The third-order valence-electron chi connectivity index (χ3n) is 9.35. The molecule has 0 radical (unpaired) electrons. The van der Waals surface area contributed by atoms with E-state index in [9.17, 15) is 5.11 Å². The Morgan fingerprint density at radius 2 is 1.36 bits per heavy atom. The number of benzene rings is 1. The van der Waals surface area contributed by atoms with Gasteiger partial charge in [0.1, 0.15) is 0 Å². The van der Waals surface area contributed by atoms with E-state index in [0.29, 0.717) is 0 Å². The molecule has 0 aromatic heterocycles. The number of unbranched alkanes of at least 4 members (excludes halogenated alkanes) is 3. The van der Waals surface area contributed by atoms with Crippen LogP contribution in [0.2, 0.25) is 31.4 Å². The van der Waals surface area contributed by atoms with Crippen molar-refractivity contribution in [3.05, 3.63) is 46.1 Å². The van der Waals surface area contributed by atoms with Crippen LogP contribution in [-0.4, -0.2) is 57.2 Å². The zero-order valence-electron chi connectivity index (χ0n) is 27.0. The van der Waals surface area contributed by atoms with E-state index in [-0.39, 0.29) is 18.1 Å². The summed E-state index contributed by atoms with van der Waals surface area (Å²) in [5.74, 6) is 0.00589. The molecule has 0 aliphatic heterocycles. The minimum absolute atomic E-state index is 0.00589. The molecule has 0 amide bonds. The Kier molecular flexibility index (Phi) is 19.6. The molecule has 0 fully saturated rings. The van der Waals surface area contributed by atoms with E-state index in [2.05, 4.69) is 89.0 Å². The Balaban J connectivity index is 3.22. The number of aliphatic hydroxyl groups is 1. The Hall–Kier alpha value is -0.144. The molecular formula is C34H64O3SiSn. The molecule has 1 rings (SSSR count). The van der Waals surface area contributed by atoms with E-state index in [1.54, 1.807) is 7.11 Å². The summed E-state index contributed by atoms with van der Waals surface area (Å²) < 4.78 is 20.1. The summed E-state index contributed by atoms with van der Waals surface area (Å²) in [6, 6.07) is 14.1. The zero-order valence-corrected chi connectivity index (χ0v) is 30.9. The standard InChI is InChI=1S/C22H37O3Si.3C4H9.Sn/c1-7-20(24-6)22(23)18(5)21(25-26(8-2,9-3)10-4)17-16-19-14-12-11-13-15-19;3*1-3-4-2;/h1,7,11-15,18,20-23H,8-10,16-17H2,2-6H3;3*1,3-4H2,2H3;/t18-,20-,21+,22+;;;;/m0..../s1. The first kappa shape index (κ1) is 36.9. The number of methoxy groups -OCH3 is 1. The molecular weight excluding hydrogens is 603 g/mol. The van der Waals surface area contributed by atoms with Gasteiger partial charge in [0.25, 0.3) is 0 Å². The van der Waals surface area contributed by atoms with Crippen molar-refractivity contribution in [2.75, 3.05) is 7.11 Å². The van der Waals surface area contributed by atoms with Crippen molar-refractivity contribution >= 4 is 26.7 Å². The second-order valence-electron chi connectivity index (χ2n) is 12.0. The van der Waals surface area contributed by atoms with Crippen LogP contribution in [0.25, 0.3) is 0 Å². The van der Waals surface area contributed by atoms with Gasteiger partial charge in [-0.2, -0.15) is 0 Å². The number of hydrogen-bond donors (Lipinski definition) is 1. The van der Waals surface area contributed by atoms with E-state index < -0.39 is 32.8 Å². The van der Waals surface area contributed by atoms with Gasteiger partial charge in [-0.3, -0.25) is 0 Å². The Labute approximate surface area is 248 Å². The molecule has 0 unspecified atom stereocenters. The van der Waals surface area contributed by atoms with Crippen molar-refractivity contribution in [2.24, 2.45) is 5.92 Å². The molecule has 226 valence electrons. The first-order chi connectivity index (χ1) is 18.8. The van der Waals surface area contributed by atoms with Crippen molar-refractivity contribution < 1.29 is 14.3 Å². The van der Waals surface area contributed by atoms with Gasteiger partial charge in [0.2, 0.25) is 0 Å². The molecule has 1 N–H and O–H groups in total. The van der Waals surface area contributed by atoms with E-state index in [1.165, 1.54) is 57.4 Å². The van der Waals surface area contributed by atoms with Gasteiger partial charge in [-0.1, -0.05) is 0 Å². The summed E-state index contributed by atoms with van der Waals surface area (Å²) in [4.78, 5) is 0. The monoisotopic (exact) mass is 668 g/mol. The summed E-state index contributed by atoms with van der Waals surface area (Å²) in [5, 5.41) is 11.8. The number of ether oxygens (including phenoxy) is 1. The number of rotatable bonds is 23. The van der Waals surface area contributed by atoms with Crippen molar-refractivity contribution in [1.29, 1.82) is 0 Å². The molecule has 0 spiro atoms. The molecule has 1 aromatic carbocycles.